The molecule has 5 nitrogen and oxygen atoms in total. The summed E-state index contributed by atoms with van der Waals surface area (Å²) in [5.74, 6) is -0.529. The number of aryl methyl sites for hydroxylation is 1. The van der Waals surface area contributed by atoms with Gasteiger partial charge in [-0.2, -0.15) is 0 Å². The molecular weight excluding hydrogens is 330 g/mol. The molecule has 0 unspecified atom stereocenters. The Morgan fingerprint density at radius 1 is 1.08 bits per heavy atom. The van der Waals surface area contributed by atoms with Crippen LogP contribution in [0, 0.1) is 6.92 Å². The van der Waals surface area contributed by atoms with E-state index in [1.165, 1.54) is 0 Å². The van der Waals surface area contributed by atoms with E-state index in [9.17, 15) is 9.59 Å². The molecule has 1 N–H and O–H groups in total. The van der Waals surface area contributed by atoms with Crippen molar-refractivity contribution in [2.75, 3.05) is 13.2 Å². The fraction of sp³-hybridized carbons (Fsp3) is 0.222. The van der Waals surface area contributed by atoms with E-state index < -0.39 is 5.97 Å². The average Bonchev–Trinajstić information content (AvgIpc) is 2.57. The SMILES string of the molecule is Cc1ccccc1CNC(=O)COC(=O)COc1cccc(Cl)c1. The molecular formula is C18H18ClNO4. The van der Waals surface area contributed by atoms with Crippen molar-refractivity contribution < 1.29 is 19.1 Å². The second kappa shape index (κ2) is 8.93. The Balaban J connectivity index is 1.68. The Bertz CT molecular complexity index is 718. The van der Waals surface area contributed by atoms with Gasteiger partial charge in [-0.15, -0.1) is 0 Å². The van der Waals surface area contributed by atoms with Crippen LogP contribution in [0.25, 0.3) is 0 Å². The zero-order valence-electron chi connectivity index (χ0n) is 13.3. The van der Waals surface area contributed by atoms with Crippen LogP contribution in [0.3, 0.4) is 0 Å². The Hall–Kier alpha value is -2.53. The fourth-order valence-electron chi connectivity index (χ4n) is 1.94. The van der Waals surface area contributed by atoms with E-state index in [4.69, 9.17) is 21.1 Å². The number of esters is 1. The maximum atomic E-state index is 11.7. The summed E-state index contributed by atoms with van der Waals surface area (Å²) < 4.78 is 10.1. The number of amides is 1. The molecule has 0 heterocycles. The van der Waals surface area contributed by atoms with Gasteiger partial charge in [-0.1, -0.05) is 41.9 Å². The second-order valence-electron chi connectivity index (χ2n) is 5.11. The number of halogens is 1. The van der Waals surface area contributed by atoms with Crippen LogP contribution in [0.5, 0.6) is 5.75 Å². The Kier molecular flexibility index (Phi) is 6.63. The first-order valence-corrected chi connectivity index (χ1v) is 7.77. The summed E-state index contributed by atoms with van der Waals surface area (Å²) in [4.78, 5) is 23.3. The van der Waals surface area contributed by atoms with Gasteiger partial charge >= 0.3 is 5.97 Å². The molecule has 2 aromatic rings. The van der Waals surface area contributed by atoms with Crippen molar-refractivity contribution in [1.29, 1.82) is 0 Å². The number of rotatable bonds is 7. The van der Waals surface area contributed by atoms with E-state index >= 15 is 0 Å². The highest BCUT2D eigenvalue weighted by molar-refractivity contribution is 6.30. The van der Waals surface area contributed by atoms with Crippen molar-refractivity contribution in [3.63, 3.8) is 0 Å². The van der Waals surface area contributed by atoms with Crippen LogP contribution in [0.15, 0.2) is 48.5 Å². The molecule has 1 amide bonds. The lowest BCUT2D eigenvalue weighted by Crippen LogP contribution is -2.29. The molecule has 0 atom stereocenters. The third-order valence-corrected chi connectivity index (χ3v) is 3.49. The number of carbonyl (C=O) groups is 2. The van der Waals surface area contributed by atoms with Gasteiger partial charge in [-0.25, -0.2) is 4.79 Å². The van der Waals surface area contributed by atoms with Gasteiger partial charge in [-0.05, 0) is 36.2 Å². The molecule has 2 aromatic carbocycles. The van der Waals surface area contributed by atoms with Crippen molar-refractivity contribution in [2.45, 2.75) is 13.5 Å². The predicted octanol–water partition coefficient (Wildman–Crippen LogP) is 2.89. The van der Waals surface area contributed by atoms with Crippen molar-refractivity contribution in [1.82, 2.24) is 5.32 Å². The molecule has 0 radical (unpaired) electrons. The highest BCUT2D eigenvalue weighted by Gasteiger charge is 2.09. The van der Waals surface area contributed by atoms with Crippen molar-refractivity contribution >= 4 is 23.5 Å². The molecule has 126 valence electrons. The molecule has 0 spiro atoms. The molecule has 0 saturated carbocycles. The normalized spacial score (nSPS) is 10.1. The topological polar surface area (TPSA) is 64.6 Å². The molecule has 0 saturated heterocycles. The van der Waals surface area contributed by atoms with E-state index in [1.807, 2.05) is 31.2 Å². The molecule has 0 aliphatic heterocycles. The lowest BCUT2D eigenvalue weighted by atomic mass is 10.1. The zero-order chi connectivity index (χ0) is 17.4. The van der Waals surface area contributed by atoms with Crippen LogP contribution in [-0.4, -0.2) is 25.1 Å². The molecule has 0 aromatic heterocycles. The number of hydrogen-bond acceptors (Lipinski definition) is 4. The Morgan fingerprint density at radius 2 is 1.88 bits per heavy atom. The minimum atomic E-state index is -0.624. The first kappa shape index (κ1) is 17.8. The first-order valence-electron chi connectivity index (χ1n) is 7.40. The number of nitrogens with one attached hydrogen (secondary N) is 1. The zero-order valence-corrected chi connectivity index (χ0v) is 14.0. The van der Waals surface area contributed by atoms with Crippen LogP contribution in [0.2, 0.25) is 5.02 Å². The van der Waals surface area contributed by atoms with Crippen LogP contribution in [-0.2, 0) is 20.9 Å². The first-order chi connectivity index (χ1) is 11.5. The van der Waals surface area contributed by atoms with Gasteiger partial charge in [0.05, 0.1) is 0 Å². The highest BCUT2D eigenvalue weighted by atomic mass is 35.5. The molecule has 2 rings (SSSR count). The minimum Gasteiger partial charge on any atom is -0.482 e. The largest absolute Gasteiger partial charge is 0.482 e. The number of hydrogen-bond donors (Lipinski definition) is 1. The summed E-state index contributed by atoms with van der Waals surface area (Å²) in [5, 5.41) is 3.21. The summed E-state index contributed by atoms with van der Waals surface area (Å²) in [6.45, 7) is 1.73. The number of ether oxygens (including phenoxy) is 2. The molecule has 0 fully saturated rings. The molecule has 24 heavy (non-hydrogen) atoms. The van der Waals surface area contributed by atoms with Gasteiger partial charge < -0.3 is 14.8 Å². The fourth-order valence-corrected chi connectivity index (χ4v) is 2.12. The molecule has 0 aliphatic carbocycles. The lowest BCUT2D eigenvalue weighted by molar-refractivity contribution is -0.150. The quantitative estimate of drug-likeness (QED) is 0.782. The van der Waals surface area contributed by atoms with Gasteiger partial charge in [0.2, 0.25) is 0 Å². The van der Waals surface area contributed by atoms with Gasteiger partial charge in [0.25, 0.3) is 5.91 Å². The molecule has 6 heteroatoms. The van der Waals surface area contributed by atoms with Crippen molar-refractivity contribution in [3.8, 4) is 5.75 Å². The van der Waals surface area contributed by atoms with E-state index in [2.05, 4.69) is 5.32 Å². The smallest absolute Gasteiger partial charge is 0.344 e. The van der Waals surface area contributed by atoms with E-state index in [0.29, 0.717) is 17.3 Å². The summed E-state index contributed by atoms with van der Waals surface area (Å²) in [7, 11) is 0. The van der Waals surface area contributed by atoms with Gasteiger partial charge in [0.1, 0.15) is 5.75 Å². The Labute approximate surface area is 145 Å². The summed E-state index contributed by atoms with van der Waals surface area (Å²) >= 11 is 5.81. The third kappa shape index (κ3) is 5.93. The van der Waals surface area contributed by atoms with E-state index in [-0.39, 0.29) is 19.1 Å². The summed E-state index contributed by atoms with van der Waals surface area (Å²) in [5.41, 5.74) is 2.10. The molecule has 0 bridgehead atoms. The second-order valence-corrected chi connectivity index (χ2v) is 5.55. The van der Waals surface area contributed by atoms with Crippen molar-refractivity contribution in [3.05, 3.63) is 64.7 Å². The van der Waals surface area contributed by atoms with Crippen LogP contribution < -0.4 is 10.1 Å². The maximum absolute atomic E-state index is 11.7. The number of benzene rings is 2. The van der Waals surface area contributed by atoms with Gasteiger partial charge in [-0.3, -0.25) is 4.79 Å². The van der Waals surface area contributed by atoms with Gasteiger partial charge in [0, 0.05) is 11.6 Å². The lowest BCUT2D eigenvalue weighted by Gasteiger charge is -2.09. The molecule has 0 aliphatic rings. The maximum Gasteiger partial charge on any atom is 0.344 e. The monoisotopic (exact) mass is 347 g/mol. The van der Waals surface area contributed by atoms with Crippen molar-refractivity contribution in [2.24, 2.45) is 0 Å². The highest BCUT2D eigenvalue weighted by Crippen LogP contribution is 2.16. The third-order valence-electron chi connectivity index (χ3n) is 3.25. The minimum absolute atomic E-state index is 0.286. The summed E-state index contributed by atoms with van der Waals surface area (Å²) in [6.07, 6.45) is 0. The van der Waals surface area contributed by atoms with Crippen LogP contribution in [0.4, 0.5) is 0 Å². The van der Waals surface area contributed by atoms with Crippen LogP contribution >= 0.6 is 11.6 Å². The number of carbonyl (C=O) groups excluding carboxylic acids is 2. The Morgan fingerprint density at radius 3 is 2.62 bits per heavy atom. The average molecular weight is 348 g/mol. The summed E-state index contributed by atoms with van der Waals surface area (Å²) in [6, 6.07) is 14.4. The van der Waals surface area contributed by atoms with Gasteiger partial charge in [0.15, 0.2) is 13.2 Å². The standard InChI is InChI=1S/C18H18ClNO4/c1-13-5-2-3-6-14(13)10-20-17(21)11-24-18(22)12-23-16-8-4-7-15(19)9-16/h2-9H,10-12H2,1H3,(H,20,21). The predicted molar refractivity (Wildman–Crippen MR) is 90.9 cm³/mol. The van der Waals surface area contributed by atoms with Crippen LogP contribution in [0.1, 0.15) is 11.1 Å². The van der Waals surface area contributed by atoms with E-state index in [0.717, 1.165) is 11.1 Å². The van der Waals surface area contributed by atoms with E-state index in [1.54, 1.807) is 24.3 Å².